The van der Waals surface area contributed by atoms with Crippen molar-refractivity contribution >= 4 is 40.6 Å². The molecule has 0 aliphatic rings. The number of amides is 2. The zero-order chi connectivity index (χ0) is 22.4. The molecular formula is C23H22ClN3O4. The van der Waals surface area contributed by atoms with E-state index in [1.165, 1.54) is 18.2 Å². The van der Waals surface area contributed by atoms with Crippen molar-refractivity contribution in [1.29, 1.82) is 0 Å². The number of rotatable bonds is 6. The number of hydrogen-bond donors (Lipinski definition) is 3. The Balaban J connectivity index is 1.74. The Bertz CT molecular complexity index is 1140. The number of hydrogen-bond acceptors (Lipinski definition) is 5. The molecule has 0 fully saturated rings. The average Bonchev–Trinajstić information content (AvgIpc) is 2.74. The van der Waals surface area contributed by atoms with Crippen molar-refractivity contribution < 1.29 is 19.4 Å². The van der Waals surface area contributed by atoms with Crippen molar-refractivity contribution in [2.24, 2.45) is 5.10 Å². The van der Waals surface area contributed by atoms with E-state index >= 15 is 0 Å². The maximum Gasteiger partial charge on any atom is 0.407 e. The lowest BCUT2D eigenvalue weighted by atomic mass is 10.0. The van der Waals surface area contributed by atoms with Crippen LogP contribution in [0, 0.1) is 0 Å². The highest BCUT2D eigenvalue weighted by Crippen LogP contribution is 2.24. The van der Waals surface area contributed by atoms with Crippen molar-refractivity contribution in [2.75, 3.05) is 0 Å². The number of carbonyl (C=O) groups is 2. The van der Waals surface area contributed by atoms with Gasteiger partial charge in [0.15, 0.2) is 0 Å². The number of aromatic hydroxyl groups is 1. The summed E-state index contributed by atoms with van der Waals surface area (Å²) in [6.07, 6.45) is 1.07. The Labute approximate surface area is 184 Å². The summed E-state index contributed by atoms with van der Waals surface area (Å²) >= 11 is 5.83. The molecule has 0 heterocycles. The number of ether oxygens (including phenoxy) is 1. The van der Waals surface area contributed by atoms with Crippen molar-refractivity contribution in [3.8, 4) is 5.75 Å². The quantitative estimate of drug-likeness (QED) is 0.386. The van der Waals surface area contributed by atoms with Crippen LogP contribution in [-0.4, -0.2) is 29.4 Å². The van der Waals surface area contributed by atoms with E-state index in [0.717, 1.165) is 21.9 Å². The highest BCUT2D eigenvalue weighted by Gasteiger charge is 2.10. The molecule has 0 spiro atoms. The predicted molar refractivity (Wildman–Crippen MR) is 121 cm³/mol. The van der Waals surface area contributed by atoms with E-state index in [1.54, 1.807) is 6.21 Å². The van der Waals surface area contributed by atoms with Gasteiger partial charge in [-0.2, -0.15) is 5.10 Å². The smallest absolute Gasteiger partial charge is 0.407 e. The van der Waals surface area contributed by atoms with Gasteiger partial charge in [-0.1, -0.05) is 48.0 Å². The fraction of sp³-hybridized carbons (Fsp3) is 0.174. The third kappa shape index (κ3) is 5.73. The lowest BCUT2D eigenvalue weighted by Gasteiger charge is -2.12. The zero-order valence-corrected chi connectivity index (χ0v) is 17.8. The van der Waals surface area contributed by atoms with Gasteiger partial charge >= 0.3 is 6.09 Å². The van der Waals surface area contributed by atoms with Gasteiger partial charge in [-0.3, -0.25) is 4.79 Å². The van der Waals surface area contributed by atoms with E-state index in [1.807, 2.05) is 50.2 Å². The molecule has 0 unspecified atom stereocenters. The van der Waals surface area contributed by atoms with Crippen LogP contribution in [0.4, 0.5) is 4.79 Å². The molecule has 160 valence electrons. The molecule has 0 radical (unpaired) electrons. The number of alkyl carbamates (subject to hydrolysis) is 1. The number of nitrogens with zero attached hydrogens (tertiary/aromatic N) is 1. The normalized spacial score (nSPS) is 11.1. The number of hydrazone groups is 1. The standard InChI is InChI=1S/C23H22ClN3O4/c1-14(2)26-23(30)31-13-17-8-7-16(18-5-3-4-6-19(17)18)12-25-27-22(29)15-9-10-21(28)20(24)11-15/h3-12,14,28H,13H2,1-2H3,(H,26,30)(H,27,29). The van der Waals surface area contributed by atoms with Gasteiger partial charge in [0.1, 0.15) is 12.4 Å². The van der Waals surface area contributed by atoms with Gasteiger partial charge in [0.05, 0.1) is 11.2 Å². The molecule has 8 heteroatoms. The number of fused-ring (bicyclic) bond motifs is 1. The molecule has 3 N–H and O–H groups in total. The number of nitrogens with one attached hydrogen (secondary N) is 2. The molecule has 0 aromatic heterocycles. The predicted octanol–water partition coefficient (Wildman–Crippen LogP) is 4.60. The third-order valence-corrected chi connectivity index (χ3v) is 4.70. The van der Waals surface area contributed by atoms with Crippen molar-refractivity contribution in [3.63, 3.8) is 0 Å². The fourth-order valence-corrected chi connectivity index (χ4v) is 3.10. The maximum absolute atomic E-state index is 12.2. The van der Waals surface area contributed by atoms with Crippen molar-refractivity contribution in [3.05, 3.63) is 76.3 Å². The Kier molecular flexibility index (Phi) is 7.10. The maximum atomic E-state index is 12.2. The molecule has 2 amide bonds. The molecule has 0 saturated heterocycles. The molecule has 7 nitrogen and oxygen atoms in total. The minimum atomic E-state index is -0.471. The fourth-order valence-electron chi connectivity index (χ4n) is 2.92. The van der Waals surface area contributed by atoms with Gasteiger partial charge < -0.3 is 15.2 Å². The van der Waals surface area contributed by atoms with Gasteiger partial charge in [-0.05, 0) is 48.4 Å². The second-order valence-electron chi connectivity index (χ2n) is 7.10. The largest absolute Gasteiger partial charge is 0.506 e. The van der Waals surface area contributed by atoms with Crippen LogP contribution in [-0.2, 0) is 11.3 Å². The van der Waals surface area contributed by atoms with Crippen LogP contribution in [0.5, 0.6) is 5.75 Å². The van der Waals surface area contributed by atoms with Crippen molar-refractivity contribution in [1.82, 2.24) is 10.7 Å². The van der Waals surface area contributed by atoms with Gasteiger partial charge in [0, 0.05) is 17.2 Å². The van der Waals surface area contributed by atoms with Crippen LogP contribution in [0.15, 0.2) is 59.7 Å². The monoisotopic (exact) mass is 439 g/mol. The minimum Gasteiger partial charge on any atom is -0.506 e. The van der Waals surface area contributed by atoms with E-state index < -0.39 is 12.0 Å². The van der Waals surface area contributed by atoms with Crippen LogP contribution >= 0.6 is 11.6 Å². The van der Waals surface area contributed by atoms with Crippen LogP contribution in [0.1, 0.15) is 35.3 Å². The first-order valence-electron chi connectivity index (χ1n) is 9.61. The summed E-state index contributed by atoms with van der Waals surface area (Å²) in [6, 6.07) is 15.5. The second-order valence-corrected chi connectivity index (χ2v) is 7.51. The van der Waals surface area contributed by atoms with Crippen LogP contribution in [0.25, 0.3) is 10.8 Å². The Morgan fingerprint density at radius 1 is 1.13 bits per heavy atom. The highest BCUT2D eigenvalue weighted by atomic mass is 35.5. The van der Waals surface area contributed by atoms with E-state index in [0.29, 0.717) is 0 Å². The summed E-state index contributed by atoms with van der Waals surface area (Å²) in [7, 11) is 0. The Morgan fingerprint density at radius 2 is 1.87 bits per heavy atom. The van der Waals surface area contributed by atoms with E-state index in [4.69, 9.17) is 16.3 Å². The van der Waals surface area contributed by atoms with E-state index in [-0.39, 0.29) is 29.0 Å². The van der Waals surface area contributed by atoms with Crippen LogP contribution < -0.4 is 10.7 Å². The first kappa shape index (κ1) is 22.1. The van der Waals surface area contributed by atoms with Gasteiger partial charge in [0.2, 0.25) is 0 Å². The molecule has 0 bridgehead atoms. The number of carbonyl (C=O) groups excluding carboxylic acids is 2. The molecular weight excluding hydrogens is 418 g/mol. The molecule has 3 aromatic rings. The van der Waals surface area contributed by atoms with Crippen LogP contribution in [0.2, 0.25) is 5.02 Å². The minimum absolute atomic E-state index is 0.00403. The molecule has 3 aromatic carbocycles. The topological polar surface area (TPSA) is 100 Å². The zero-order valence-electron chi connectivity index (χ0n) is 17.1. The Hall–Kier alpha value is -3.58. The van der Waals surface area contributed by atoms with Gasteiger partial charge in [0.25, 0.3) is 5.91 Å². The summed E-state index contributed by atoms with van der Waals surface area (Å²) in [4.78, 5) is 24.0. The van der Waals surface area contributed by atoms with E-state index in [9.17, 15) is 14.7 Å². The number of benzene rings is 3. The summed E-state index contributed by atoms with van der Waals surface area (Å²) in [5.41, 5.74) is 4.36. The Morgan fingerprint density at radius 3 is 2.58 bits per heavy atom. The lowest BCUT2D eigenvalue weighted by Crippen LogP contribution is -2.30. The number of phenolic OH excluding ortho intramolecular Hbond substituents is 1. The van der Waals surface area contributed by atoms with Crippen LogP contribution in [0.3, 0.4) is 0 Å². The molecule has 3 rings (SSSR count). The number of halogens is 1. The third-order valence-electron chi connectivity index (χ3n) is 4.39. The first-order chi connectivity index (χ1) is 14.8. The molecule has 0 saturated carbocycles. The first-order valence-corrected chi connectivity index (χ1v) is 9.99. The highest BCUT2D eigenvalue weighted by molar-refractivity contribution is 6.32. The molecule has 0 aliphatic carbocycles. The average molecular weight is 440 g/mol. The lowest BCUT2D eigenvalue weighted by molar-refractivity contribution is 0.0955. The summed E-state index contributed by atoms with van der Waals surface area (Å²) < 4.78 is 5.30. The summed E-state index contributed by atoms with van der Waals surface area (Å²) in [5.74, 6) is -0.553. The van der Waals surface area contributed by atoms with E-state index in [2.05, 4.69) is 15.8 Å². The molecule has 0 aliphatic heterocycles. The molecule has 31 heavy (non-hydrogen) atoms. The van der Waals surface area contributed by atoms with Gasteiger partial charge in [-0.25, -0.2) is 10.2 Å². The molecule has 0 atom stereocenters. The number of phenols is 1. The second kappa shape index (κ2) is 9.95. The van der Waals surface area contributed by atoms with Gasteiger partial charge in [-0.15, -0.1) is 0 Å². The SMILES string of the molecule is CC(C)NC(=O)OCc1ccc(C=NNC(=O)c2ccc(O)c(Cl)c2)c2ccccc12. The summed E-state index contributed by atoms with van der Waals surface area (Å²) in [5, 5.41) is 18.1. The van der Waals surface area contributed by atoms with Crippen molar-refractivity contribution in [2.45, 2.75) is 26.5 Å². The summed E-state index contributed by atoms with van der Waals surface area (Å²) in [6.45, 7) is 3.86.